The smallest absolute Gasteiger partial charge is 0.337 e. The molecule has 19 heavy (non-hydrogen) atoms. The summed E-state index contributed by atoms with van der Waals surface area (Å²) >= 11 is 6.77. The topological polar surface area (TPSA) is 75.4 Å². The van der Waals surface area contributed by atoms with Gasteiger partial charge in [0.05, 0.1) is 16.9 Å². The zero-order chi connectivity index (χ0) is 14.0. The third-order valence-electron chi connectivity index (χ3n) is 2.47. The fourth-order valence-corrected chi connectivity index (χ4v) is 2.73. The Bertz CT molecular complexity index is 645. The lowest BCUT2D eigenvalue weighted by Crippen LogP contribution is -2.04. The van der Waals surface area contributed by atoms with E-state index in [2.05, 4.69) is 37.2 Å². The monoisotopic (exact) mass is 384 g/mol. The zero-order valence-corrected chi connectivity index (χ0v) is 12.8. The van der Waals surface area contributed by atoms with Gasteiger partial charge in [0.1, 0.15) is 0 Å². The zero-order valence-electron chi connectivity index (χ0n) is 9.65. The van der Waals surface area contributed by atoms with Gasteiger partial charge in [0.15, 0.2) is 0 Å². The number of rotatable bonds is 3. The van der Waals surface area contributed by atoms with Crippen molar-refractivity contribution in [2.24, 2.45) is 0 Å². The highest BCUT2D eigenvalue weighted by atomic mass is 79.9. The first-order valence-corrected chi connectivity index (χ1v) is 6.91. The Labute approximate surface area is 126 Å². The normalized spacial score (nSPS) is 10.2. The SMILES string of the molecule is Nc1ccc(C(=O)O)c(Nc2ccc(Br)cc2Br)c1. The van der Waals surface area contributed by atoms with Gasteiger partial charge >= 0.3 is 5.97 Å². The van der Waals surface area contributed by atoms with E-state index < -0.39 is 5.97 Å². The Morgan fingerprint density at radius 3 is 2.47 bits per heavy atom. The number of nitrogens with two attached hydrogens (primary N) is 1. The molecule has 4 nitrogen and oxygen atoms in total. The number of carbonyl (C=O) groups is 1. The second-order valence-electron chi connectivity index (χ2n) is 3.86. The largest absolute Gasteiger partial charge is 0.478 e. The first-order valence-electron chi connectivity index (χ1n) is 5.32. The van der Waals surface area contributed by atoms with Crippen LogP contribution in [0.15, 0.2) is 45.3 Å². The Balaban J connectivity index is 2.42. The van der Waals surface area contributed by atoms with E-state index in [1.165, 1.54) is 6.07 Å². The number of aromatic carboxylic acids is 1. The Morgan fingerprint density at radius 2 is 1.84 bits per heavy atom. The Hall–Kier alpha value is -1.53. The van der Waals surface area contributed by atoms with Crippen molar-refractivity contribution >= 4 is 54.9 Å². The second-order valence-corrected chi connectivity index (χ2v) is 5.63. The van der Waals surface area contributed by atoms with Crippen molar-refractivity contribution in [3.8, 4) is 0 Å². The number of nitrogen functional groups attached to an aromatic ring is 1. The molecule has 98 valence electrons. The van der Waals surface area contributed by atoms with Crippen LogP contribution in [0.25, 0.3) is 0 Å². The molecule has 0 fully saturated rings. The van der Waals surface area contributed by atoms with Gasteiger partial charge in [0.2, 0.25) is 0 Å². The van der Waals surface area contributed by atoms with Gasteiger partial charge in [-0.05, 0) is 52.3 Å². The minimum atomic E-state index is -1.00. The van der Waals surface area contributed by atoms with Crippen molar-refractivity contribution in [1.82, 2.24) is 0 Å². The molecule has 0 saturated heterocycles. The summed E-state index contributed by atoms with van der Waals surface area (Å²) in [4.78, 5) is 11.2. The quantitative estimate of drug-likeness (QED) is 0.691. The van der Waals surface area contributed by atoms with Crippen LogP contribution in [0.1, 0.15) is 10.4 Å². The summed E-state index contributed by atoms with van der Waals surface area (Å²) in [6, 6.07) is 10.2. The van der Waals surface area contributed by atoms with Crippen molar-refractivity contribution < 1.29 is 9.90 Å². The van der Waals surface area contributed by atoms with E-state index in [4.69, 9.17) is 10.8 Å². The first-order chi connectivity index (χ1) is 8.97. The molecule has 0 bridgehead atoms. The summed E-state index contributed by atoms with van der Waals surface area (Å²) in [7, 11) is 0. The molecular formula is C13H10Br2N2O2. The number of carboxylic acid groups (broad SMARTS) is 1. The lowest BCUT2D eigenvalue weighted by Gasteiger charge is -2.12. The minimum Gasteiger partial charge on any atom is -0.478 e. The van der Waals surface area contributed by atoms with Gasteiger partial charge in [0.25, 0.3) is 0 Å². The van der Waals surface area contributed by atoms with Crippen LogP contribution >= 0.6 is 31.9 Å². The van der Waals surface area contributed by atoms with Crippen LogP contribution in [-0.4, -0.2) is 11.1 Å². The summed E-state index contributed by atoms with van der Waals surface area (Å²) in [5.41, 5.74) is 7.58. The standard InChI is InChI=1S/C13H10Br2N2O2/c14-7-1-4-11(10(15)5-7)17-12-6-8(16)2-3-9(12)13(18)19/h1-6,17H,16H2,(H,18,19). The second kappa shape index (κ2) is 5.63. The average Bonchev–Trinajstić information content (AvgIpc) is 2.32. The summed E-state index contributed by atoms with van der Waals surface area (Å²) < 4.78 is 1.75. The maximum Gasteiger partial charge on any atom is 0.337 e. The van der Waals surface area contributed by atoms with E-state index >= 15 is 0 Å². The predicted octanol–water partition coefficient (Wildman–Crippen LogP) is 4.24. The number of hydrogen-bond acceptors (Lipinski definition) is 3. The summed E-state index contributed by atoms with van der Waals surface area (Å²) in [5.74, 6) is -1.00. The third-order valence-corrected chi connectivity index (χ3v) is 3.62. The van der Waals surface area contributed by atoms with E-state index in [9.17, 15) is 4.79 Å². The molecule has 0 aliphatic carbocycles. The van der Waals surface area contributed by atoms with Crippen LogP contribution in [0.2, 0.25) is 0 Å². The molecule has 2 aromatic rings. The molecule has 6 heteroatoms. The predicted molar refractivity (Wildman–Crippen MR) is 82.9 cm³/mol. The fourth-order valence-electron chi connectivity index (χ4n) is 1.59. The van der Waals surface area contributed by atoms with Crippen LogP contribution in [0.5, 0.6) is 0 Å². The van der Waals surface area contributed by atoms with Crippen LogP contribution in [0.4, 0.5) is 17.1 Å². The van der Waals surface area contributed by atoms with Crippen molar-refractivity contribution in [2.45, 2.75) is 0 Å². The number of benzene rings is 2. The molecule has 0 spiro atoms. The van der Waals surface area contributed by atoms with E-state index in [0.717, 1.165) is 14.6 Å². The number of halogens is 2. The summed E-state index contributed by atoms with van der Waals surface area (Å²) in [5, 5.41) is 12.2. The molecule has 0 atom stereocenters. The van der Waals surface area contributed by atoms with E-state index in [1.807, 2.05) is 18.2 Å². The van der Waals surface area contributed by atoms with E-state index in [0.29, 0.717) is 11.4 Å². The van der Waals surface area contributed by atoms with Crippen molar-refractivity contribution in [1.29, 1.82) is 0 Å². The van der Waals surface area contributed by atoms with Gasteiger partial charge in [-0.2, -0.15) is 0 Å². The Morgan fingerprint density at radius 1 is 1.11 bits per heavy atom. The van der Waals surface area contributed by atoms with Crippen molar-refractivity contribution in [3.63, 3.8) is 0 Å². The van der Waals surface area contributed by atoms with Gasteiger partial charge in [-0.3, -0.25) is 0 Å². The maximum absolute atomic E-state index is 11.2. The molecule has 0 radical (unpaired) electrons. The van der Waals surface area contributed by atoms with Crippen LogP contribution in [0.3, 0.4) is 0 Å². The molecule has 0 amide bonds. The lowest BCUT2D eigenvalue weighted by molar-refractivity contribution is 0.0698. The number of anilines is 3. The average molecular weight is 386 g/mol. The summed E-state index contributed by atoms with van der Waals surface area (Å²) in [6.07, 6.45) is 0. The highest BCUT2D eigenvalue weighted by molar-refractivity contribution is 9.11. The number of nitrogens with one attached hydrogen (secondary N) is 1. The van der Waals surface area contributed by atoms with Gasteiger partial charge < -0.3 is 16.2 Å². The molecular weight excluding hydrogens is 376 g/mol. The Kier molecular flexibility index (Phi) is 4.11. The maximum atomic E-state index is 11.2. The molecule has 4 N–H and O–H groups in total. The molecule has 0 aromatic heterocycles. The fraction of sp³-hybridized carbons (Fsp3) is 0. The summed E-state index contributed by atoms with van der Waals surface area (Å²) in [6.45, 7) is 0. The molecule has 0 unspecified atom stereocenters. The van der Waals surface area contributed by atoms with Crippen molar-refractivity contribution in [2.75, 3.05) is 11.1 Å². The van der Waals surface area contributed by atoms with Gasteiger partial charge in [-0.25, -0.2) is 4.79 Å². The van der Waals surface area contributed by atoms with Crippen LogP contribution in [0, 0.1) is 0 Å². The highest BCUT2D eigenvalue weighted by Crippen LogP contribution is 2.30. The lowest BCUT2D eigenvalue weighted by atomic mass is 10.1. The van der Waals surface area contributed by atoms with Crippen LogP contribution < -0.4 is 11.1 Å². The van der Waals surface area contributed by atoms with E-state index in [1.54, 1.807) is 12.1 Å². The molecule has 0 aliphatic rings. The molecule has 2 aromatic carbocycles. The minimum absolute atomic E-state index is 0.170. The third kappa shape index (κ3) is 3.27. The first kappa shape index (κ1) is 13.9. The number of hydrogen-bond donors (Lipinski definition) is 3. The molecule has 0 saturated carbocycles. The molecule has 2 rings (SSSR count). The van der Waals surface area contributed by atoms with Crippen molar-refractivity contribution in [3.05, 3.63) is 50.9 Å². The van der Waals surface area contributed by atoms with Gasteiger partial charge in [-0.1, -0.05) is 15.9 Å². The highest BCUT2D eigenvalue weighted by Gasteiger charge is 2.11. The number of carboxylic acids is 1. The molecule has 0 aliphatic heterocycles. The van der Waals surface area contributed by atoms with E-state index in [-0.39, 0.29) is 5.56 Å². The van der Waals surface area contributed by atoms with Gasteiger partial charge in [-0.15, -0.1) is 0 Å². The van der Waals surface area contributed by atoms with Crippen LogP contribution in [-0.2, 0) is 0 Å². The molecule has 0 heterocycles. The van der Waals surface area contributed by atoms with Gasteiger partial charge in [0, 0.05) is 14.6 Å².